The van der Waals surface area contributed by atoms with E-state index in [0.29, 0.717) is 17.9 Å². The van der Waals surface area contributed by atoms with Gasteiger partial charge in [0.25, 0.3) is 5.91 Å². The Balaban J connectivity index is 1.77. The van der Waals surface area contributed by atoms with Crippen molar-refractivity contribution < 1.29 is 19.4 Å². The smallest absolute Gasteiger partial charge is 0.259 e. The van der Waals surface area contributed by atoms with E-state index in [4.69, 9.17) is 10.5 Å². The average Bonchev–Trinajstić information content (AvgIpc) is 2.84. The number of anilines is 1. The van der Waals surface area contributed by atoms with Crippen molar-refractivity contribution in [2.24, 2.45) is 5.73 Å². The molecule has 6 nitrogen and oxygen atoms in total. The predicted octanol–water partition coefficient (Wildman–Crippen LogP) is 2.39. The van der Waals surface area contributed by atoms with Crippen LogP contribution in [0.4, 0.5) is 5.69 Å². The largest absolute Gasteiger partial charge is 0.504 e. The molecule has 2 amide bonds. The normalized spacial score (nSPS) is 14.5. The van der Waals surface area contributed by atoms with Crippen molar-refractivity contribution in [3.8, 4) is 11.5 Å². The lowest BCUT2D eigenvalue weighted by atomic mass is 10.0. The Labute approximate surface area is 145 Å². The molecule has 0 aliphatic carbocycles. The second-order valence-corrected chi connectivity index (χ2v) is 6.78. The van der Waals surface area contributed by atoms with Crippen molar-refractivity contribution in [1.82, 2.24) is 0 Å². The summed E-state index contributed by atoms with van der Waals surface area (Å²) in [5.41, 5.74) is 7.11. The molecule has 130 valence electrons. The molecule has 0 saturated carbocycles. The van der Waals surface area contributed by atoms with Crippen molar-refractivity contribution in [2.45, 2.75) is 32.3 Å². The van der Waals surface area contributed by atoms with Crippen LogP contribution < -0.4 is 15.8 Å². The van der Waals surface area contributed by atoms with E-state index in [0.717, 1.165) is 11.1 Å². The molecule has 2 aromatic rings. The minimum atomic E-state index is -0.434. The summed E-state index contributed by atoms with van der Waals surface area (Å²) < 4.78 is 5.75. The Kier molecular flexibility index (Phi) is 4.12. The summed E-state index contributed by atoms with van der Waals surface area (Å²) in [5.74, 6) is -0.626. The fourth-order valence-corrected chi connectivity index (χ4v) is 2.93. The molecule has 1 heterocycles. The zero-order valence-electron chi connectivity index (χ0n) is 14.1. The Bertz CT molecular complexity index is 841. The maximum Gasteiger partial charge on any atom is 0.259 e. The molecule has 4 N–H and O–H groups in total. The Hall–Kier alpha value is -3.02. The number of ether oxygens (including phenoxy) is 1. The van der Waals surface area contributed by atoms with Crippen LogP contribution in [0.5, 0.6) is 11.5 Å². The van der Waals surface area contributed by atoms with E-state index in [9.17, 15) is 14.7 Å². The topological polar surface area (TPSA) is 102 Å². The molecule has 0 fully saturated rings. The molecule has 3 rings (SSSR count). The van der Waals surface area contributed by atoms with Crippen LogP contribution in [-0.4, -0.2) is 22.5 Å². The minimum absolute atomic E-state index is 0.146. The van der Waals surface area contributed by atoms with Gasteiger partial charge in [-0.25, -0.2) is 0 Å². The summed E-state index contributed by atoms with van der Waals surface area (Å²) >= 11 is 0. The van der Waals surface area contributed by atoms with Crippen molar-refractivity contribution in [1.29, 1.82) is 0 Å². The molecule has 6 heteroatoms. The van der Waals surface area contributed by atoms with E-state index >= 15 is 0 Å². The molecule has 25 heavy (non-hydrogen) atoms. The zero-order chi connectivity index (χ0) is 18.2. The summed E-state index contributed by atoms with van der Waals surface area (Å²) in [4.78, 5) is 23.4. The highest BCUT2D eigenvalue weighted by atomic mass is 16.5. The molecule has 1 aliphatic heterocycles. The minimum Gasteiger partial charge on any atom is -0.504 e. The summed E-state index contributed by atoms with van der Waals surface area (Å²) in [6, 6.07) is 10.2. The van der Waals surface area contributed by atoms with Crippen LogP contribution in [0.3, 0.4) is 0 Å². The highest BCUT2D eigenvalue weighted by Gasteiger charge is 2.33. The summed E-state index contributed by atoms with van der Waals surface area (Å²) in [5, 5.41) is 13.1. The van der Waals surface area contributed by atoms with Gasteiger partial charge in [0.1, 0.15) is 5.60 Å². The molecule has 1 aliphatic rings. The molecular formula is C19H20N2O4. The van der Waals surface area contributed by atoms with Gasteiger partial charge in [-0.3, -0.25) is 9.59 Å². The number of amides is 2. The lowest BCUT2D eigenvalue weighted by Crippen LogP contribution is -2.24. The number of primary amides is 1. The third-order valence-electron chi connectivity index (χ3n) is 4.04. The number of carbonyl (C=O) groups is 2. The number of rotatable bonds is 4. The molecule has 0 bridgehead atoms. The van der Waals surface area contributed by atoms with Crippen LogP contribution in [0.25, 0.3) is 0 Å². The maximum atomic E-state index is 12.5. The van der Waals surface area contributed by atoms with Gasteiger partial charge in [0.2, 0.25) is 5.91 Å². The first-order chi connectivity index (χ1) is 11.7. The van der Waals surface area contributed by atoms with E-state index in [1.807, 2.05) is 13.8 Å². The van der Waals surface area contributed by atoms with E-state index in [1.54, 1.807) is 36.4 Å². The summed E-state index contributed by atoms with van der Waals surface area (Å²) in [6.07, 6.45) is 0.825. The van der Waals surface area contributed by atoms with Gasteiger partial charge in [0.15, 0.2) is 11.5 Å². The summed E-state index contributed by atoms with van der Waals surface area (Å²) in [6.45, 7) is 3.86. The number of fused-ring (bicyclic) bond motifs is 1. The van der Waals surface area contributed by atoms with Gasteiger partial charge in [-0.15, -0.1) is 0 Å². The van der Waals surface area contributed by atoms with Crippen LogP contribution in [0.2, 0.25) is 0 Å². The Morgan fingerprint density at radius 3 is 2.52 bits per heavy atom. The first-order valence-electron chi connectivity index (χ1n) is 7.98. The maximum absolute atomic E-state index is 12.5. The number of phenolic OH excluding ortho intramolecular Hbond substituents is 1. The third-order valence-corrected chi connectivity index (χ3v) is 4.04. The van der Waals surface area contributed by atoms with E-state index in [-0.39, 0.29) is 17.7 Å². The van der Waals surface area contributed by atoms with E-state index < -0.39 is 17.4 Å². The highest BCUT2D eigenvalue weighted by Crippen LogP contribution is 2.43. The Morgan fingerprint density at radius 2 is 1.88 bits per heavy atom. The van der Waals surface area contributed by atoms with Gasteiger partial charge in [-0.05, 0) is 37.6 Å². The highest BCUT2D eigenvalue weighted by molar-refractivity contribution is 6.06. The van der Waals surface area contributed by atoms with Gasteiger partial charge >= 0.3 is 0 Å². The van der Waals surface area contributed by atoms with Gasteiger partial charge < -0.3 is 20.9 Å². The number of hydrogen-bond donors (Lipinski definition) is 3. The van der Waals surface area contributed by atoms with E-state index in [2.05, 4.69) is 5.32 Å². The van der Waals surface area contributed by atoms with Gasteiger partial charge in [0.05, 0.1) is 12.0 Å². The second-order valence-electron chi connectivity index (χ2n) is 6.78. The molecule has 0 spiro atoms. The van der Waals surface area contributed by atoms with Crippen LogP contribution >= 0.6 is 0 Å². The van der Waals surface area contributed by atoms with Crippen molar-refractivity contribution in [3.63, 3.8) is 0 Å². The van der Waals surface area contributed by atoms with Gasteiger partial charge in [0, 0.05) is 17.7 Å². The average molecular weight is 340 g/mol. The molecule has 2 aromatic carbocycles. The molecular weight excluding hydrogens is 320 g/mol. The van der Waals surface area contributed by atoms with Crippen molar-refractivity contribution in [2.75, 3.05) is 5.32 Å². The SMILES string of the molecule is CC1(C)Cc2ccc(C(=O)Nc3ccc(CC(N)=O)cc3)c(O)c2O1. The quantitative estimate of drug-likeness (QED) is 0.795. The first kappa shape index (κ1) is 16.8. The molecule has 0 radical (unpaired) electrons. The number of nitrogens with one attached hydrogen (secondary N) is 1. The first-order valence-corrected chi connectivity index (χ1v) is 7.98. The number of hydrogen-bond acceptors (Lipinski definition) is 4. The number of phenols is 1. The third kappa shape index (κ3) is 3.57. The van der Waals surface area contributed by atoms with Gasteiger partial charge in [-0.2, -0.15) is 0 Å². The molecule has 0 saturated heterocycles. The number of benzene rings is 2. The predicted molar refractivity (Wildman–Crippen MR) is 93.8 cm³/mol. The zero-order valence-corrected chi connectivity index (χ0v) is 14.1. The number of aromatic hydroxyl groups is 1. The van der Waals surface area contributed by atoms with Crippen LogP contribution in [0.1, 0.15) is 35.3 Å². The van der Waals surface area contributed by atoms with Crippen LogP contribution in [0.15, 0.2) is 36.4 Å². The number of carbonyl (C=O) groups excluding carboxylic acids is 2. The van der Waals surface area contributed by atoms with Crippen molar-refractivity contribution in [3.05, 3.63) is 53.1 Å². The fourth-order valence-electron chi connectivity index (χ4n) is 2.93. The van der Waals surface area contributed by atoms with Crippen molar-refractivity contribution >= 4 is 17.5 Å². The van der Waals surface area contributed by atoms with Crippen LogP contribution in [0, 0.1) is 0 Å². The standard InChI is InChI=1S/C19H20N2O4/c1-19(2)10-12-5-8-14(16(23)17(12)25-19)18(24)21-13-6-3-11(4-7-13)9-15(20)22/h3-8,23H,9-10H2,1-2H3,(H2,20,22)(H,21,24). The lowest BCUT2D eigenvalue weighted by molar-refractivity contribution is -0.117. The van der Waals surface area contributed by atoms with Gasteiger partial charge in [-0.1, -0.05) is 18.2 Å². The fraction of sp³-hybridized carbons (Fsp3) is 0.263. The Morgan fingerprint density at radius 1 is 1.20 bits per heavy atom. The molecule has 0 atom stereocenters. The lowest BCUT2D eigenvalue weighted by Gasteiger charge is -2.17. The summed E-state index contributed by atoms with van der Waals surface area (Å²) in [7, 11) is 0. The monoisotopic (exact) mass is 340 g/mol. The number of nitrogens with two attached hydrogens (primary N) is 1. The van der Waals surface area contributed by atoms with E-state index in [1.165, 1.54) is 0 Å². The second kappa shape index (κ2) is 6.12. The molecule has 0 unspecified atom stereocenters. The molecule has 0 aromatic heterocycles. The van der Waals surface area contributed by atoms with Crippen LogP contribution in [-0.2, 0) is 17.6 Å².